The number of pyridine rings is 1. The third-order valence-corrected chi connectivity index (χ3v) is 4.15. The molecule has 0 atom stereocenters. The second kappa shape index (κ2) is 6.00. The molecule has 0 saturated heterocycles. The number of fused-ring (bicyclic) bond motifs is 2. The van der Waals surface area contributed by atoms with Gasteiger partial charge in [0.1, 0.15) is 11.4 Å². The number of para-hydroxylation sites is 1. The van der Waals surface area contributed by atoms with Crippen LogP contribution in [0.4, 0.5) is 0 Å². The minimum absolute atomic E-state index is 0. The number of ketones is 1. The highest BCUT2D eigenvalue weighted by atomic mass is 16.4. The van der Waals surface area contributed by atoms with E-state index in [1.165, 1.54) is 24.3 Å². The maximum atomic E-state index is 12.7. The minimum Gasteiger partial charge on any atom is -0.871 e. The molecule has 1 aliphatic rings. The first-order valence-electron chi connectivity index (χ1n) is 7.40. The largest absolute Gasteiger partial charge is 0.871 e. The number of carboxylic acid groups (broad SMARTS) is 1. The highest BCUT2D eigenvalue weighted by Gasteiger charge is 2.29. The van der Waals surface area contributed by atoms with Crippen LogP contribution < -0.4 is 5.11 Å². The van der Waals surface area contributed by atoms with E-state index in [1.54, 1.807) is 24.3 Å². The van der Waals surface area contributed by atoms with Crippen molar-refractivity contribution >= 4 is 34.0 Å². The number of aromatic hydroxyl groups is 1. The Morgan fingerprint density at radius 1 is 1.04 bits per heavy atom. The van der Waals surface area contributed by atoms with Crippen LogP contribution in [0.3, 0.4) is 0 Å². The van der Waals surface area contributed by atoms with Gasteiger partial charge in [0.15, 0.2) is 5.78 Å². The molecule has 1 aliphatic carbocycles. The molecule has 4 rings (SSSR count). The van der Waals surface area contributed by atoms with E-state index in [2.05, 4.69) is 4.98 Å². The van der Waals surface area contributed by atoms with Gasteiger partial charge in [-0.25, -0.2) is 9.78 Å². The van der Waals surface area contributed by atoms with Crippen molar-refractivity contribution in [2.75, 3.05) is 0 Å². The molecular formula is C20H14NO5-. The van der Waals surface area contributed by atoms with Crippen molar-refractivity contribution in [1.82, 2.24) is 4.98 Å². The lowest BCUT2D eigenvalue weighted by Crippen LogP contribution is -2.05. The molecule has 2 N–H and O–H groups in total. The molecule has 6 heteroatoms. The van der Waals surface area contributed by atoms with Crippen LogP contribution in [0, 0.1) is 0 Å². The Labute approximate surface area is 148 Å². The summed E-state index contributed by atoms with van der Waals surface area (Å²) in [6, 6.07) is 12.2. The Hall–Kier alpha value is -3.67. The van der Waals surface area contributed by atoms with Gasteiger partial charge in [0.25, 0.3) is 0 Å². The lowest BCUT2D eigenvalue weighted by molar-refractivity contribution is -0.242. The quantitative estimate of drug-likeness (QED) is 0.737. The molecule has 0 fully saturated rings. The Morgan fingerprint density at radius 2 is 1.77 bits per heavy atom. The average Bonchev–Trinajstić information content (AvgIpc) is 2.85. The van der Waals surface area contributed by atoms with Crippen LogP contribution in [-0.4, -0.2) is 26.9 Å². The average molecular weight is 348 g/mol. The molecule has 0 saturated carbocycles. The van der Waals surface area contributed by atoms with Crippen molar-refractivity contribution in [2.45, 2.75) is 7.43 Å². The predicted molar refractivity (Wildman–Crippen MR) is 94.7 cm³/mol. The summed E-state index contributed by atoms with van der Waals surface area (Å²) in [6.45, 7) is 0. The molecule has 2 aromatic carbocycles. The fourth-order valence-electron chi connectivity index (χ4n) is 2.94. The van der Waals surface area contributed by atoms with Crippen molar-refractivity contribution < 1.29 is 24.9 Å². The summed E-state index contributed by atoms with van der Waals surface area (Å²) in [7, 11) is 0. The molecule has 1 aromatic heterocycles. The third kappa shape index (κ3) is 2.39. The van der Waals surface area contributed by atoms with Gasteiger partial charge in [-0.15, -0.1) is 0 Å². The maximum absolute atomic E-state index is 12.7. The molecule has 0 bridgehead atoms. The monoisotopic (exact) mass is 348 g/mol. The minimum atomic E-state index is -1.19. The molecule has 0 amide bonds. The molecule has 26 heavy (non-hydrogen) atoms. The summed E-state index contributed by atoms with van der Waals surface area (Å²) in [6.07, 6.45) is 0. The number of benzene rings is 2. The summed E-state index contributed by atoms with van der Waals surface area (Å²) in [5, 5.41) is 32.6. The topological polar surface area (TPSA) is 111 Å². The number of Topliss-reactive ketones (excluding diaryl/α,β-unsaturated/α-hetero) is 1. The zero-order chi connectivity index (χ0) is 17.7. The number of allylic oxidation sites excluding steroid dienone is 1. The molecule has 0 aliphatic heterocycles. The van der Waals surface area contributed by atoms with Gasteiger partial charge in [0.05, 0.1) is 11.1 Å². The van der Waals surface area contributed by atoms with E-state index in [9.17, 15) is 19.8 Å². The molecule has 0 spiro atoms. The van der Waals surface area contributed by atoms with Gasteiger partial charge in [-0.2, -0.15) is 0 Å². The smallest absolute Gasteiger partial charge is 0.335 e. The fourth-order valence-corrected chi connectivity index (χ4v) is 2.94. The van der Waals surface area contributed by atoms with Crippen LogP contribution in [0.5, 0.6) is 5.75 Å². The molecule has 1 heterocycles. The summed E-state index contributed by atoms with van der Waals surface area (Å²) in [4.78, 5) is 28.0. The fraction of sp³-hybridized carbons (Fsp3) is 0.0500. The zero-order valence-corrected chi connectivity index (χ0v) is 12.7. The van der Waals surface area contributed by atoms with Crippen LogP contribution >= 0.6 is 0 Å². The first kappa shape index (κ1) is 17.2. The summed E-state index contributed by atoms with van der Waals surface area (Å²) >= 11 is 0. The summed E-state index contributed by atoms with van der Waals surface area (Å²) in [5.41, 5.74) is 0.221. The van der Waals surface area contributed by atoms with Gasteiger partial charge in [-0.05, 0) is 35.9 Å². The van der Waals surface area contributed by atoms with E-state index in [-0.39, 0.29) is 41.1 Å². The van der Waals surface area contributed by atoms with E-state index in [0.717, 1.165) is 0 Å². The standard InChI is InChI=1S/C19H11NO5.CH4/c21-14-8-9-3-1-2-4-13(9)20-16(14)15-17(22)11-6-5-10(19(24)25)7-12(11)18(15)23;/h1-8,21,23H,(H,24,25);1H4/p-1. The van der Waals surface area contributed by atoms with Crippen LogP contribution in [0.1, 0.15) is 39.4 Å². The molecule has 130 valence electrons. The number of carbonyl (C=O) groups excluding carboxylic acids is 1. The number of carbonyl (C=O) groups is 2. The second-order valence-corrected chi connectivity index (χ2v) is 5.65. The van der Waals surface area contributed by atoms with E-state index in [4.69, 9.17) is 5.11 Å². The van der Waals surface area contributed by atoms with Gasteiger partial charge < -0.3 is 15.3 Å². The van der Waals surface area contributed by atoms with Crippen LogP contribution in [0.2, 0.25) is 0 Å². The number of nitrogens with zero attached hydrogens (tertiary/aromatic N) is 1. The number of aromatic carboxylic acids is 1. The first-order valence-corrected chi connectivity index (χ1v) is 7.40. The molecule has 0 radical (unpaired) electrons. The van der Waals surface area contributed by atoms with E-state index in [0.29, 0.717) is 10.9 Å². The van der Waals surface area contributed by atoms with Crippen LogP contribution in [0.15, 0.2) is 48.5 Å². The van der Waals surface area contributed by atoms with Crippen molar-refractivity contribution in [3.63, 3.8) is 0 Å². The van der Waals surface area contributed by atoms with E-state index in [1.807, 2.05) is 0 Å². The van der Waals surface area contributed by atoms with Gasteiger partial charge in [-0.3, -0.25) is 4.79 Å². The number of hydrogen-bond donors (Lipinski definition) is 2. The van der Waals surface area contributed by atoms with Crippen molar-refractivity contribution in [3.8, 4) is 5.75 Å². The normalized spacial score (nSPS) is 12.8. The highest BCUT2D eigenvalue weighted by molar-refractivity contribution is 6.39. The van der Waals surface area contributed by atoms with Gasteiger partial charge in [0.2, 0.25) is 0 Å². The van der Waals surface area contributed by atoms with E-state index >= 15 is 0 Å². The first-order chi connectivity index (χ1) is 12.0. The molecule has 3 aromatic rings. The van der Waals surface area contributed by atoms with Crippen molar-refractivity contribution in [3.05, 3.63) is 70.9 Å². The lowest BCUT2D eigenvalue weighted by Gasteiger charge is -2.13. The third-order valence-electron chi connectivity index (χ3n) is 4.15. The maximum Gasteiger partial charge on any atom is 0.335 e. The highest BCUT2D eigenvalue weighted by Crippen LogP contribution is 2.39. The van der Waals surface area contributed by atoms with Crippen molar-refractivity contribution in [1.29, 1.82) is 0 Å². The van der Waals surface area contributed by atoms with Gasteiger partial charge in [-0.1, -0.05) is 31.4 Å². The molecule has 0 unspecified atom stereocenters. The lowest BCUT2D eigenvalue weighted by atomic mass is 10.0. The van der Waals surface area contributed by atoms with Crippen LogP contribution in [0.25, 0.3) is 22.2 Å². The Kier molecular flexibility index (Phi) is 3.96. The van der Waals surface area contributed by atoms with Crippen LogP contribution in [-0.2, 0) is 0 Å². The zero-order valence-electron chi connectivity index (χ0n) is 12.7. The Morgan fingerprint density at radius 3 is 2.50 bits per heavy atom. The molecular weight excluding hydrogens is 334 g/mol. The number of rotatable bonds is 2. The van der Waals surface area contributed by atoms with Gasteiger partial charge in [0, 0.05) is 16.5 Å². The van der Waals surface area contributed by atoms with E-state index < -0.39 is 17.5 Å². The summed E-state index contributed by atoms with van der Waals surface area (Å²) < 4.78 is 0. The summed E-state index contributed by atoms with van der Waals surface area (Å²) in [5.74, 6) is -2.68. The van der Waals surface area contributed by atoms with Crippen molar-refractivity contribution in [2.24, 2.45) is 0 Å². The number of aromatic nitrogens is 1. The second-order valence-electron chi connectivity index (χ2n) is 5.65. The Balaban J connectivity index is 0.00000196. The predicted octanol–water partition coefficient (Wildman–Crippen LogP) is 2.70. The SMILES string of the molecule is C.O=C(O)c1ccc2c(c1)C([O-])=C(c1nc3ccccc3cc1O)C2=O. The number of hydrogen-bond acceptors (Lipinski definition) is 5. The van der Waals surface area contributed by atoms with Gasteiger partial charge >= 0.3 is 5.97 Å². The Bertz CT molecular complexity index is 1110. The molecule has 6 nitrogen and oxygen atoms in total. The number of carboxylic acids is 1.